The van der Waals surface area contributed by atoms with Crippen LogP contribution in [0.25, 0.3) is 0 Å². The molecule has 0 spiro atoms. The number of rotatable bonds is 20. The summed E-state index contributed by atoms with van der Waals surface area (Å²) in [5, 5.41) is 88.5. The molecule has 12 unspecified atom stereocenters. The summed E-state index contributed by atoms with van der Waals surface area (Å²) in [4.78, 5) is 0. The van der Waals surface area contributed by atoms with Gasteiger partial charge in [0.15, 0.2) is 0 Å². The smallest absolute Gasteiger partial charge is 0.726 e. The zero-order chi connectivity index (χ0) is 87.5. The fourth-order valence-corrected chi connectivity index (χ4v) is 38.7. The van der Waals surface area contributed by atoms with Crippen molar-refractivity contribution in [2.45, 2.75) is 417 Å². The summed E-state index contributed by atoms with van der Waals surface area (Å²) in [5.74, 6) is 14.4. The van der Waals surface area contributed by atoms with Gasteiger partial charge in [0.2, 0.25) is 10.4 Å². The zero-order valence-electron chi connectivity index (χ0n) is 79.8. The molecule has 16 aliphatic rings. The molecule has 44 atom stereocenters. The van der Waals surface area contributed by atoms with Gasteiger partial charge in [-0.25, -0.2) is 12.6 Å². The third kappa shape index (κ3) is 18.2. The minimum atomic E-state index is -4.64. The molecule has 0 heterocycles. The van der Waals surface area contributed by atoms with Gasteiger partial charge in [0.25, 0.3) is 0 Å². The van der Waals surface area contributed by atoms with Crippen molar-refractivity contribution in [1.29, 1.82) is 0 Å². The van der Waals surface area contributed by atoms with E-state index in [-0.39, 0.29) is 131 Å². The van der Waals surface area contributed by atoms with Crippen molar-refractivity contribution in [1.82, 2.24) is 0 Å². The normalized spacial score (nSPS) is 51.5. The third-order valence-corrected chi connectivity index (χ3v) is 44.6. The van der Waals surface area contributed by atoms with Gasteiger partial charge in [0.05, 0.1) is 62.0 Å². The van der Waals surface area contributed by atoms with Gasteiger partial charge in [-0.1, -0.05) is 176 Å². The van der Waals surface area contributed by atoms with Crippen LogP contribution in [0.3, 0.4) is 0 Å². The first-order chi connectivity index (χ1) is 56.4. The topological polar surface area (TPSA) is 292 Å². The fraction of sp³-hybridized carbons (Fsp3) is 1.00. The fourth-order valence-electron chi connectivity index (χ4n) is 38.1. The number of hydrogen-bond acceptors (Lipinski definition) is 15. The van der Waals surface area contributed by atoms with Gasteiger partial charge in [-0.2, -0.15) is 8.42 Å². The van der Waals surface area contributed by atoms with Gasteiger partial charge < -0.3 is 45.4 Å². The molecule has 16 saturated carbocycles. The van der Waals surface area contributed by atoms with Crippen LogP contribution in [0, 0.1) is 209 Å². The molecule has 121 heavy (non-hydrogen) atoms. The van der Waals surface area contributed by atoms with Crippen molar-refractivity contribution in [3.05, 3.63) is 0 Å². The van der Waals surface area contributed by atoms with Crippen molar-refractivity contribution in [3.8, 4) is 0 Å². The second-order valence-electron chi connectivity index (χ2n) is 48.0. The van der Waals surface area contributed by atoms with E-state index < -0.39 is 20.8 Å². The zero-order valence-corrected chi connectivity index (χ0v) is 83.4. The molecule has 16 fully saturated rings. The van der Waals surface area contributed by atoms with Crippen molar-refractivity contribution in [3.63, 3.8) is 0 Å². The van der Waals surface area contributed by atoms with Gasteiger partial charge >= 0.3 is 40.0 Å². The molecule has 0 aliphatic heterocycles. The van der Waals surface area contributed by atoms with E-state index in [1.807, 2.05) is 0 Å². The Hall–Kier alpha value is 0.420. The first-order valence-electron chi connectivity index (χ1n) is 51.1. The van der Waals surface area contributed by atoms with Gasteiger partial charge in [0, 0.05) is 0 Å². The van der Waals surface area contributed by atoms with Crippen LogP contribution in [0.5, 0.6) is 0 Å². The molecule has 9 N–H and O–H groups in total. The maximum absolute atomic E-state index is 11.7. The number of fused-ring (bicyclic) bond motifs is 20. The van der Waals surface area contributed by atoms with Crippen molar-refractivity contribution in [2.24, 2.45) is 209 Å². The molecule has 16 rings (SSSR count). The summed E-state index contributed by atoms with van der Waals surface area (Å²) in [6, 6.07) is 0. The van der Waals surface area contributed by atoms with Crippen LogP contribution >= 0.6 is 0 Å². The van der Waals surface area contributed by atoms with E-state index in [0.29, 0.717) is 159 Å². The average Bonchev–Trinajstić information content (AvgIpc) is 1.70. The summed E-state index contributed by atoms with van der Waals surface area (Å²) in [6.45, 7) is 43.0. The van der Waals surface area contributed by atoms with E-state index >= 15 is 0 Å². The SMILES string of the molecule is CCC[C@@H](C)[C@H]1CCC2C3C(CC[C@@]21C)[C@@]1(C)CC[C@@H](O)C[C@H]1[C@@H](CC)[C@H]3O.CCC[C@@H](C)[C@H]1CCC2C3C(CC[C@@]21C)[C@@]1(C)CC[C@@H](O)C[C@H]1[C@@H](CC)[C@H]3O.CC[C@H]1[C@@H](O)C2C3CC[C@H]([C@H](C)CCOS(=O)(=O)O)[C@@]3(C)CCC2[C@@]2(C)CC[C@@H](O)C[C@@H]12.CC[C@H]1[C@@H](O)C2C3CC[C@H]([C@H](C)CCOS(=O)(=O)[O-])[C@@]3(C)CCC2[C@@]2(C)CC[C@@H](O)C[C@@H]12.[Na+]. The Morgan fingerprint density at radius 1 is 0.306 bits per heavy atom. The predicted molar refractivity (Wildman–Crippen MR) is 476 cm³/mol. The summed E-state index contributed by atoms with van der Waals surface area (Å²) < 4.78 is 72.3. The van der Waals surface area contributed by atoms with Crippen molar-refractivity contribution < 1.29 is 105 Å². The molecule has 0 saturated heterocycles. The molecular weight excluding hydrogens is 1570 g/mol. The Morgan fingerprint density at radius 3 is 0.719 bits per heavy atom. The van der Waals surface area contributed by atoms with Crippen LogP contribution in [-0.2, 0) is 29.2 Å². The minimum absolute atomic E-state index is 0. The summed E-state index contributed by atoms with van der Waals surface area (Å²) in [7, 11) is -9.02. The van der Waals surface area contributed by atoms with Crippen molar-refractivity contribution >= 4 is 20.8 Å². The van der Waals surface area contributed by atoms with Crippen LogP contribution < -0.4 is 29.6 Å². The maximum atomic E-state index is 11.7. The number of aliphatic hydroxyl groups excluding tert-OH is 8. The summed E-state index contributed by atoms with van der Waals surface area (Å²) >= 11 is 0. The summed E-state index contributed by atoms with van der Waals surface area (Å²) in [5.41, 5.74) is 2.22. The molecule has 696 valence electrons. The minimum Gasteiger partial charge on any atom is -0.726 e. The molecule has 0 aromatic rings. The Bertz CT molecular complexity index is 3380. The van der Waals surface area contributed by atoms with Gasteiger partial charge in [-0.3, -0.25) is 8.74 Å². The molecule has 0 aromatic heterocycles. The van der Waals surface area contributed by atoms with E-state index in [9.17, 15) is 62.2 Å². The van der Waals surface area contributed by atoms with Crippen LogP contribution in [0.15, 0.2) is 0 Å². The molecule has 0 bridgehead atoms. The van der Waals surface area contributed by atoms with E-state index in [0.717, 1.165) is 165 Å². The van der Waals surface area contributed by atoms with Crippen LogP contribution in [-0.4, -0.2) is 129 Å². The van der Waals surface area contributed by atoms with E-state index in [1.165, 1.54) is 89.9 Å². The van der Waals surface area contributed by atoms with Gasteiger partial charge in [-0.05, 0) is 402 Å². The first kappa shape index (κ1) is 100. The largest absolute Gasteiger partial charge is 1.00 e. The van der Waals surface area contributed by atoms with Crippen molar-refractivity contribution in [2.75, 3.05) is 13.2 Å². The standard InChI is InChI=1S/2C26H46O2.2C25H44O6S.Na/c2*1-6-8-16(3)19-9-10-20-23-21(12-14-25(19,20)4)26(5)13-11-17(27)15-22(26)18(7-2)24(23)28;2*1-5-17-21-14-16(26)8-11-25(21,4)20-9-12-24(3)18(6-7-19(24)22(20)23(17)27)15(2)10-13-31-32(28,29)30;/h2*16-24,27-28H,6-15H2,1-5H3;2*15-23,26-27H,5-14H2,1-4H3,(H,28,29,30);/q;;;;+1/p-1/t2*16-,17-,18-,19-,20?,21?,22+,23?,24-,25-,26-;2*15-,16-,17-,18-,19?,20?,21+,22?,23-,24-,25-;/m1111./s1. The second kappa shape index (κ2) is 38.8. The molecule has 19 heteroatoms. The quantitative estimate of drug-likeness (QED) is 0.0311. The monoisotopic (exact) mass is 1750 g/mol. The summed E-state index contributed by atoms with van der Waals surface area (Å²) in [6.07, 6.45) is 40.4. The van der Waals surface area contributed by atoms with Crippen LogP contribution in [0.1, 0.15) is 369 Å². The van der Waals surface area contributed by atoms with E-state index in [4.69, 9.17) is 4.55 Å². The van der Waals surface area contributed by atoms with Gasteiger partial charge in [0.1, 0.15) is 0 Å². The molecule has 0 radical (unpaired) electrons. The van der Waals surface area contributed by atoms with E-state index in [1.54, 1.807) is 0 Å². The molecule has 16 aliphatic carbocycles. The predicted octanol–water partition coefficient (Wildman–Crippen LogP) is 17.7. The van der Waals surface area contributed by atoms with Crippen LogP contribution in [0.4, 0.5) is 0 Å². The number of aliphatic hydroxyl groups is 8. The average molecular weight is 1750 g/mol. The van der Waals surface area contributed by atoms with E-state index in [2.05, 4.69) is 133 Å². The first-order valence-corrected chi connectivity index (χ1v) is 53.8. The Morgan fingerprint density at radius 2 is 0.512 bits per heavy atom. The molecule has 16 nitrogen and oxygen atoms in total. The van der Waals surface area contributed by atoms with Gasteiger partial charge in [-0.15, -0.1) is 0 Å². The Kier molecular flexibility index (Phi) is 32.2. The molecule has 0 amide bonds. The Balaban J connectivity index is 0.000000148. The molecule has 0 aromatic carbocycles. The maximum Gasteiger partial charge on any atom is 1.00 e. The molecular formula is C102H179NaO16S2. The number of hydrogen-bond donors (Lipinski definition) is 9. The third-order valence-electron chi connectivity index (χ3n) is 43.7. The van der Waals surface area contributed by atoms with Crippen LogP contribution in [0.2, 0.25) is 0 Å². The second-order valence-corrected chi connectivity index (χ2v) is 50.2. The Labute approximate surface area is 759 Å².